The van der Waals surface area contributed by atoms with Gasteiger partial charge in [-0.1, -0.05) is 11.6 Å². The number of nitrogens with zero attached hydrogens (tertiary/aromatic N) is 3. The van der Waals surface area contributed by atoms with Crippen LogP contribution in [0.2, 0.25) is 5.02 Å². The molecule has 2 N–H and O–H groups in total. The second-order valence-electron chi connectivity index (χ2n) is 5.28. The highest BCUT2D eigenvalue weighted by Gasteiger charge is 2.27. The third-order valence-corrected chi connectivity index (χ3v) is 4.09. The number of carbonyl (C=O) groups is 1. The number of carbonyl (C=O) groups excluding carboxylic acids is 1. The van der Waals surface area contributed by atoms with E-state index < -0.39 is 0 Å². The van der Waals surface area contributed by atoms with Crippen LogP contribution in [0, 0.1) is 0 Å². The van der Waals surface area contributed by atoms with Gasteiger partial charge in [-0.2, -0.15) is 5.10 Å². The zero-order valence-electron chi connectivity index (χ0n) is 11.6. The summed E-state index contributed by atoms with van der Waals surface area (Å²) in [5.41, 5.74) is 0.300. The highest BCUT2D eigenvalue weighted by molar-refractivity contribution is 6.31. The molecule has 2 aromatic heterocycles. The number of halogens is 1. The Morgan fingerprint density at radius 1 is 1.43 bits per heavy atom. The number of nitrogens with one attached hydrogen (secondary N) is 2. The van der Waals surface area contributed by atoms with Gasteiger partial charge in [0.05, 0.1) is 5.02 Å². The molecule has 7 nitrogen and oxygen atoms in total. The van der Waals surface area contributed by atoms with Crippen molar-refractivity contribution >= 4 is 17.5 Å². The normalized spacial score (nSPS) is 16.4. The van der Waals surface area contributed by atoms with Crippen molar-refractivity contribution in [1.29, 1.82) is 0 Å². The van der Waals surface area contributed by atoms with E-state index in [9.17, 15) is 9.59 Å². The molecule has 1 amide bonds. The van der Waals surface area contributed by atoms with Crippen molar-refractivity contribution in [2.75, 3.05) is 13.1 Å². The van der Waals surface area contributed by atoms with Crippen LogP contribution in [0.1, 0.15) is 35.1 Å². The van der Waals surface area contributed by atoms with Crippen LogP contribution in [-0.2, 0) is 7.05 Å². The average molecular weight is 310 g/mol. The SMILES string of the molecule is Cn1cc(Cl)cc1C(=O)N1CCC(c2n[nH]c(=O)[nH]2)CC1. The number of amides is 1. The molecule has 0 spiro atoms. The minimum Gasteiger partial charge on any atom is -0.345 e. The lowest BCUT2D eigenvalue weighted by Crippen LogP contribution is -2.38. The lowest BCUT2D eigenvalue weighted by Gasteiger charge is -2.31. The maximum atomic E-state index is 12.4. The van der Waals surface area contributed by atoms with E-state index in [1.54, 1.807) is 23.9 Å². The Kier molecular flexibility index (Phi) is 3.59. The first-order valence-corrected chi connectivity index (χ1v) is 7.18. The minimum absolute atomic E-state index is 0.0154. The van der Waals surface area contributed by atoms with Gasteiger partial charge in [-0.15, -0.1) is 0 Å². The molecule has 3 heterocycles. The van der Waals surface area contributed by atoms with E-state index in [1.807, 2.05) is 4.90 Å². The Hall–Kier alpha value is -2.02. The van der Waals surface area contributed by atoms with Gasteiger partial charge in [-0.3, -0.25) is 9.78 Å². The van der Waals surface area contributed by atoms with Crippen LogP contribution in [0.4, 0.5) is 0 Å². The van der Waals surface area contributed by atoms with Gasteiger partial charge in [0, 0.05) is 32.3 Å². The summed E-state index contributed by atoms with van der Waals surface area (Å²) in [5.74, 6) is 0.845. The highest BCUT2D eigenvalue weighted by atomic mass is 35.5. The molecule has 0 bridgehead atoms. The fraction of sp³-hybridized carbons (Fsp3) is 0.462. The Morgan fingerprint density at radius 2 is 2.14 bits per heavy atom. The summed E-state index contributed by atoms with van der Waals surface area (Å²) in [6.07, 6.45) is 3.28. The van der Waals surface area contributed by atoms with Crippen LogP contribution in [0.25, 0.3) is 0 Å². The lowest BCUT2D eigenvalue weighted by molar-refractivity contribution is 0.0701. The van der Waals surface area contributed by atoms with E-state index in [-0.39, 0.29) is 17.5 Å². The molecule has 8 heteroatoms. The molecule has 1 saturated heterocycles. The fourth-order valence-corrected chi connectivity index (χ4v) is 2.98. The molecule has 0 unspecified atom stereocenters. The first-order chi connectivity index (χ1) is 10.0. The first kappa shape index (κ1) is 13.9. The summed E-state index contributed by atoms with van der Waals surface area (Å²) >= 11 is 5.92. The van der Waals surface area contributed by atoms with Crippen LogP contribution < -0.4 is 5.69 Å². The van der Waals surface area contributed by atoms with Crippen LogP contribution in [0.15, 0.2) is 17.1 Å². The molecule has 1 aliphatic rings. The number of piperidine rings is 1. The molecule has 3 rings (SSSR count). The van der Waals surface area contributed by atoms with Gasteiger partial charge in [-0.05, 0) is 18.9 Å². The third-order valence-electron chi connectivity index (χ3n) is 3.88. The van der Waals surface area contributed by atoms with Crippen molar-refractivity contribution in [2.24, 2.45) is 7.05 Å². The van der Waals surface area contributed by atoms with Crippen LogP contribution >= 0.6 is 11.6 Å². The van der Waals surface area contributed by atoms with Crippen molar-refractivity contribution < 1.29 is 4.79 Å². The second-order valence-corrected chi connectivity index (χ2v) is 5.72. The summed E-state index contributed by atoms with van der Waals surface area (Å²) < 4.78 is 1.74. The van der Waals surface area contributed by atoms with E-state index in [2.05, 4.69) is 15.2 Å². The lowest BCUT2D eigenvalue weighted by atomic mass is 9.96. The molecule has 21 heavy (non-hydrogen) atoms. The van der Waals surface area contributed by atoms with Crippen LogP contribution in [0.5, 0.6) is 0 Å². The third kappa shape index (κ3) is 2.73. The monoisotopic (exact) mass is 309 g/mol. The Balaban J connectivity index is 1.67. The van der Waals surface area contributed by atoms with E-state index >= 15 is 0 Å². The number of rotatable bonds is 2. The van der Waals surface area contributed by atoms with E-state index in [0.29, 0.717) is 29.6 Å². The number of H-pyrrole nitrogens is 2. The molecule has 0 aromatic carbocycles. The van der Waals surface area contributed by atoms with Crippen molar-refractivity contribution in [3.8, 4) is 0 Å². The average Bonchev–Trinajstić information content (AvgIpc) is 3.04. The van der Waals surface area contributed by atoms with Crippen molar-refractivity contribution in [2.45, 2.75) is 18.8 Å². The Labute approximate surface area is 125 Å². The maximum Gasteiger partial charge on any atom is 0.340 e. The number of hydrogen-bond acceptors (Lipinski definition) is 3. The molecule has 0 saturated carbocycles. The van der Waals surface area contributed by atoms with Gasteiger partial charge in [0.2, 0.25) is 0 Å². The maximum absolute atomic E-state index is 12.4. The summed E-state index contributed by atoms with van der Waals surface area (Å²) in [5, 5.41) is 6.90. The molecule has 0 radical (unpaired) electrons. The topological polar surface area (TPSA) is 86.8 Å². The van der Waals surface area contributed by atoms with E-state index in [4.69, 9.17) is 11.6 Å². The predicted octanol–water partition coefficient (Wildman–Crippen LogP) is 1.11. The quantitative estimate of drug-likeness (QED) is 0.871. The first-order valence-electron chi connectivity index (χ1n) is 6.80. The zero-order valence-corrected chi connectivity index (χ0v) is 12.4. The molecule has 2 aromatic rings. The Morgan fingerprint density at radius 3 is 2.67 bits per heavy atom. The van der Waals surface area contributed by atoms with Gasteiger partial charge >= 0.3 is 5.69 Å². The number of hydrogen-bond donors (Lipinski definition) is 2. The van der Waals surface area contributed by atoms with Gasteiger partial charge < -0.3 is 9.47 Å². The van der Waals surface area contributed by atoms with Crippen LogP contribution in [0.3, 0.4) is 0 Å². The van der Waals surface area contributed by atoms with E-state index in [0.717, 1.165) is 12.8 Å². The molecule has 1 aliphatic heterocycles. The van der Waals surface area contributed by atoms with Crippen molar-refractivity contribution in [1.82, 2.24) is 24.6 Å². The molecular formula is C13H16ClN5O2. The molecular weight excluding hydrogens is 294 g/mol. The summed E-state index contributed by atoms with van der Waals surface area (Å²) in [6.45, 7) is 1.28. The van der Waals surface area contributed by atoms with Gasteiger partial charge in [0.25, 0.3) is 5.91 Å². The second kappa shape index (κ2) is 5.40. The molecule has 0 aliphatic carbocycles. The van der Waals surface area contributed by atoms with Crippen molar-refractivity contribution in [3.05, 3.63) is 39.3 Å². The molecule has 1 fully saturated rings. The van der Waals surface area contributed by atoms with E-state index in [1.165, 1.54) is 0 Å². The standard InChI is InChI=1S/C13H16ClN5O2/c1-18-7-9(14)6-10(18)12(20)19-4-2-8(3-5-19)11-15-13(21)17-16-11/h6-8H,2-5H2,1H3,(H2,15,16,17,21). The molecule has 0 atom stereocenters. The highest BCUT2D eigenvalue weighted by Crippen LogP contribution is 2.26. The molecule has 112 valence electrons. The summed E-state index contributed by atoms with van der Waals surface area (Å²) in [7, 11) is 1.81. The van der Waals surface area contributed by atoms with Crippen LogP contribution in [-0.4, -0.2) is 43.6 Å². The number of aromatic nitrogens is 4. The van der Waals surface area contributed by atoms with Gasteiger partial charge in [-0.25, -0.2) is 9.89 Å². The summed E-state index contributed by atoms with van der Waals surface area (Å²) in [4.78, 5) is 28.0. The van der Waals surface area contributed by atoms with Gasteiger partial charge in [0.15, 0.2) is 0 Å². The van der Waals surface area contributed by atoms with Crippen molar-refractivity contribution in [3.63, 3.8) is 0 Å². The fourth-order valence-electron chi connectivity index (χ4n) is 2.73. The summed E-state index contributed by atoms with van der Waals surface area (Å²) in [6, 6.07) is 1.68. The number of aryl methyl sites for hydroxylation is 1. The zero-order chi connectivity index (χ0) is 15.0. The minimum atomic E-state index is -0.290. The Bertz CT molecular complexity index is 708. The van der Waals surface area contributed by atoms with Gasteiger partial charge in [0.1, 0.15) is 11.5 Å². The largest absolute Gasteiger partial charge is 0.345 e. The smallest absolute Gasteiger partial charge is 0.340 e. The predicted molar refractivity (Wildman–Crippen MR) is 77.5 cm³/mol. The number of likely N-dealkylation sites (tertiary alicyclic amines) is 1. The number of aromatic amines is 2.